The van der Waals surface area contributed by atoms with Crippen molar-refractivity contribution in [1.82, 2.24) is 0 Å². The Morgan fingerprint density at radius 1 is 1.18 bits per heavy atom. The second kappa shape index (κ2) is 5.57. The topological polar surface area (TPSA) is 29.5 Å². The third-order valence-corrected chi connectivity index (χ3v) is 3.58. The zero-order valence-corrected chi connectivity index (χ0v) is 10.5. The number of alkyl halides is 3. The fourth-order valence-corrected chi connectivity index (χ4v) is 2.24. The van der Waals surface area contributed by atoms with Gasteiger partial charge >= 0.3 is 6.18 Å². The lowest BCUT2D eigenvalue weighted by Gasteiger charge is -2.36. The first kappa shape index (κ1) is 14.8. The van der Waals surface area contributed by atoms with Gasteiger partial charge in [0.1, 0.15) is 0 Å². The minimum Gasteiger partial charge on any atom is -0.390 e. The highest BCUT2D eigenvalue weighted by atomic mass is 19.4. The number of hydrogen-bond donors (Lipinski definition) is 1. The minimum atomic E-state index is -4.36. The van der Waals surface area contributed by atoms with Crippen LogP contribution in [0.4, 0.5) is 13.2 Å². The van der Waals surface area contributed by atoms with Crippen molar-refractivity contribution in [2.45, 2.75) is 64.5 Å². The number of ether oxygens (including phenoxy) is 1. The molecule has 4 unspecified atom stereocenters. The van der Waals surface area contributed by atoms with Crippen molar-refractivity contribution >= 4 is 0 Å². The Bertz CT molecular complexity index is 240. The molecule has 1 saturated carbocycles. The molecule has 5 heteroatoms. The second-order valence-corrected chi connectivity index (χ2v) is 5.24. The second-order valence-electron chi connectivity index (χ2n) is 5.24. The van der Waals surface area contributed by atoms with Gasteiger partial charge < -0.3 is 9.84 Å². The lowest BCUT2D eigenvalue weighted by atomic mass is 9.79. The number of hydrogen-bond acceptors (Lipinski definition) is 2. The Morgan fingerprint density at radius 2 is 1.76 bits per heavy atom. The van der Waals surface area contributed by atoms with Crippen LogP contribution in [0.15, 0.2) is 0 Å². The zero-order chi connectivity index (χ0) is 13.2. The molecule has 0 heterocycles. The summed E-state index contributed by atoms with van der Waals surface area (Å²) in [6, 6.07) is 0. The third-order valence-electron chi connectivity index (χ3n) is 3.58. The van der Waals surface area contributed by atoms with Crippen molar-refractivity contribution in [3.8, 4) is 0 Å². The highest BCUT2D eigenvalue weighted by molar-refractivity contribution is 4.83. The maximum Gasteiger partial charge on any atom is 0.414 e. The van der Waals surface area contributed by atoms with Crippen LogP contribution in [0.3, 0.4) is 0 Å². The summed E-state index contributed by atoms with van der Waals surface area (Å²) < 4.78 is 42.1. The number of aliphatic hydroxyl groups excluding tert-OH is 1. The van der Waals surface area contributed by atoms with Crippen molar-refractivity contribution in [3.05, 3.63) is 0 Å². The monoisotopic (exact) mass is 254 g/mol. The van der Waals surface area contributed by atoms with Gasteiger partial charge in [-0.1, -0.05) is 13.8 Å². The van der Waals surface area contributed by atoms with E-state index in [1.165, 1.54) is 0 Å². The first-order valence-electron chi connectivity index (χ1n) is 6.12. The van der Waals surface area contributed by atoms with Crippen molar-refractivity contribution in [3.63, 3.8) is 0 Å². The Balaban J connectivity index is 2.56. The van der Waals surface area contributed by atoms with Crippen LogP contribution in [0.2, 0.25) is 0 Å². The first-order chi connectivity index (χ1) is 7.71. The molecule has 0 amide bonds. The van der Waals surface area contributed by atoms with E-state index in [9.17, 15) is 18.3 Å². The van der Waals surface area contributed by atoms with E-state index in [1.807, 2.05) is 13.8 Å². The van der Waals surface area contributed by atoms with E-state index in [0.717, 1.165) is 13.3 Å². The lowest BCUT2D eigenvalue weighted by Crippen LogP contribution is -2.42. The Hall–Kier alpha value is -0.290. The van der Waals surface area contributed by atoms with Crippen LogP contribution in [-0.2, 0) is 4.74 Å². The molecule has 0 bridgehead atoms. The van der Waals surface area contributed by atoms with E-state index in [2.05, 4.69) is 0 Å². The molecule has 0 radical (unpaired) electrons. The Morgan fingerprint density at radius 3 is 2.24 bits per heavy atom. The maximum absolute atomic E-state index is 12.4. The molecule has 1 rings (SSSR count). The summed E-state index contributed by atoms with van der Waals surface area (Å²) >= 11 is 0. The summed E-state index contributed by atoms with van der Waals surface area (Å²) in [6.07, 6.45) is -5.73. The SMILES string of the molecule is CC(C)C1CCC(O)C(OC(C)C(F)(F)F)C1. The van der Waals surface area contributed by atoms with Crippen molar-refractivity contribution < 1.29 is 23.0 Å². The van der Waals surface area contributed by atoms with Crippen LogP contribution < -0.4 is 0 Å². The highest BCUT2D eigenvalue weighted by Crippen LogP contribution is 2.34. The standard InChI is InChI=1S/C12H21F3O2/c1-7(2)9-4-5-10(16)11(6-9)17-8(3)12(13,14)15/h7-11,16H,4-6H2,1-3H3. The quantitative estimate of drug-likeness (QED) is 0.838. The molecular formula is C12H21F3O2. The van der Waals surface area contributed by atoms with Gasteiger partial charge in [-0.2, -0.15) is 13.2 Å². The molecule has 0 aromatic rings. The van der Waals surface area contributed by atoms with Gasteiger partial charge in [0.15, 0.2) is 6.10 Å². The molecule has 0 spiro atoms. The molecule has 1 N–H and O–H groups in total. The van der Waals surface area contributed by atoms with Crippen molar-refractivity contribution in [2.75, 3.05) is 0 Å². The third kappa shape index (κ3) is 4.14. The van der Waals surface area contributed by atoms with Gasteiger partial charge in [0.05, 0.1) is 12.2 Å². The van der Waals surface area contributed by atoms with Crippen LogP contribution in [0, 0.1) is 11.8 Å². The predicted molar refractivity (Wildman–Crippen MR) is 58.6 cm³/mol. The van der Waals surface area contributed by atoms with Crippen LogP contribution >= 0.6 is 0 Å². The highest BCUT2D eigenvalue weighted by Gasteiger charge is 2.41. The molecule has 1 aliphatic carbocycles. The minimum absolute atomic E-state index is 0.337. The molecule has 17 heavy (non-hydrogen) atoms. The van der Waals surface area contributed by atoms with Gasteiger partial charge in [-0.15, -0.1) is 0 Å². The van der Waals surface area contributed by atoms with Gasteiger partial charge in [-0.3, -0.25) is 0 Å². The average molecular weight is 254 g/mol. The molecule has 2 nitrogen and oxygen atoms in total. The molecule has 0 saturated heterocycles. The van der Waals surface area contributed by atoms with Crippen LogP contribution in [0.5, 0.6) is 0 Å². The van der Waals surface area contributed by atoms with Gasteiger partial charge in [0.25, 0.3) is 0 Å². The molecule has 0 aliphatic heterocycles. The number of halogens is 3. The predicted octanol–water partition coefficient (Wildman–Crippen LogP) is 3.14. The molecule has 0 aromatic carbocycles. The Labute approximate surface area is 100 Å². The number of rotatable bonds is 3. The summed E-state index contributed by atoms with van der Waals surface area (Å²) in [5, 5.41) is 9.69. The average Bonchev–Trinajstić information content (AvgIpc) is 2.19. The van der Waals surface area contributed by atoms with E-state index in [-0.39, 0.29) is 0 Å². The van der Waals surface area contributed by atoms with E-state index in [4.69, 9.17) is 4.74 Å². The van der Waals surface area contributed by atoms with Gasteiger partial charge in [-0.25, -0.2) is 0 Å². The zero-order valence-electron chi connectivity index (χ0n) is 10.5. The van der Waals surface area contributed by atoms with Gasteiger partial charge in [-0.05, 0) is 38.0 Å². The number of aliphatic hydroxyl groups is 1. The fraction of sp³-hybridized carbons (Fsp3) is 1.00. The van der Waals surface area contributed by atoms with Crippen LogP contribution in [0.25, 0.3) is 0 Å². The summed E-state index contributed by atoms with van der Waals surface area (Å²) in [5.41, 5.74) is 0. The van der Waals surface area contributed by atoms with Crippen LogP contribution in [-0.4, -0.2) is 29.6 Å². The summed E-state index contributed by atoms with van der Waals surface area (Å²) in [5.74, 6) is 0.749. The molecule has 4 atom stereocenters. The fourth-order valence-electron chi connectivity index (χ4n) is 2.24. The van der Waals surface area contributed by atoms with Gasteiger partial charge in [0, 0.05) is 0 Å². The van der Waals surface area contributed by atoms with E-state index >= 15 is 0 Å². The molecule has 1 aliphatic rings. The molecule has 102 valence electrons. The van der Waals surface area contributed by atoms with E-state index < -0.39 is 24.5 Å². The summed E-state index contributed by atoms with van der Waals surface area (Å²) in [6.45, 7) is 5.09. The van der Waals surface area contributed by atoms with Gasteiger partial charge in [0.2, 0.25) is 0 Å². The lowest BCUT2D eigenvalue weighted by molar-refractivity contribution is -0.241. The smallest absolute Gasteiger partial charge is 0.390 e. The van der Waals surface area contributed by atoms with Crippen molar-refractivity contribution in [1.29, 1.82) is 0 Å². The van der Waals surface area contributed by atoms with E-state index in [1.54, 1.807) is 0 Å². The summed E-state index contributed by atoms with van der Waals surface area (Å²) in [4.78, 5) is 0. The molecule has 0 aromatic heterocycles. The van der Waals surface area contributed by atoms with E-state index in [0.29, 0.717) is 24.7 Å². The largest absolute Gasteiger partial charge is 0.414 e. The maximum atomic E-state index is 12.4. The molecule has 1 fully saturated rings. The molecular weight excluding hydrogens is 233 g/mol. The van der Waals surface area contributed by atoms with Crippen molar-refractivity contribution in [2.24, 2.45) is 11.8 Å². The first-order valence-corrected chi connectivity index (χ1v) is 6.12. The summed E-state index contributed by atoms with van der Waals surface area (Å²) in [7, 11) is 0. The normalized spacial score (nSPS) is 32.8. The van der Waals surface area contributed by atoms with Crippen LogP contribution in [0.1, 0.15) is 40.0 Å². The Kier molecular flexibility index (Phi) is 4.84.